The largest absolute Gasteiger partial charge is 0.477 e. The van der Waals surface area contributed by atoms with Gasteiger partial charge in [-0.2, -0.15) is 0 Å². The van der Waals surface area contributed by atoms with Crippen molar-refractivity contribution < 1.29 is 14.3 Å². The molecule has 0 fully saturated rings. The van der Waals surface area contributed by atoms with Crippen LogP contribution in [-0.2, 0) is 0 Å². The molecule has 0 saturated carbocycles. The van der Waals surface area contributed by atoms with Crippen LogP contribution in [0.4, 0.5) is 11.4 Å². The molecule has 1 aromatic carbocycles. The lowest BCUT2D eigenvalue weighted by molar-refractivity contribution is 0.0694. The zero-order valence-electron chi connectivity index (χ0n) is 8.06. The van der Waals surface area contributed by atoms with Crippen molar-refractivity contribution in [3.63, 3.8) is 0 Å². The third kappa shape index (κ3) is 1.36. The van der Waals surface area contributed by atoms with Crippen LogP contribution in [0.25, 0.3) is 11.0 Å². The van der Waals surface area contributed by atoms with Gasteiger partial charge in [-0.25, -0.2) is 9.59 Å². The number of nitrogen functional groups attached to an aromatic ring is 2. The summed E-state index contributed by atoms with van der Waals surface area (Å²) in [7, 11) is 0. The number of fused-ring (bicyclic) bond motifs is 1. The Balaban J connectivity index is 2.94. The fraction of sp³-hybridized carbons (Fsp3) is 0. The maximum atomic E-state index is 11.3. The molecule has 6 nitrogen and oxygen atoms in total. The van der Waals surface area contributed by atoms with Crippen LogP contribution in [0.15, 0.2) is 27.4 Å². The Bertz CT molecular complexity index is 645. The molecule has 0 atom stereocenters. The molecule has 82 valence electrons. The number of hydrogen-bond donors (Lipinski definition) is 3. The third-order valence-corrected chi connectivity index (χ3v) is 2.19. The monoisotopic (exact) mass is 220 g/mol. The molecule has 1 aromatic heterocycles. The summed E-state index contributed by atoms with van der Waals surface area (Å²) in [6.45, 7) is 0. The summed E-state index contributed by atoms with van der Waals surface area (Å²) in [5.74, 6) is -1.41. The Morgan fingerprint density at radius 1 is 1.31 bits per heavy atom. The van der Waals surface area contributed by atoms with E-state index in [2.05, 4.69) is 0 Å². The van der Waals surface area contributed by atoms with E-state index in [1.807, 2.05) is 0 Å². The first kappa shape index (κ1) is 10.0. The second kappa shape index (κ2) is 3.27. The molecule has 5 N–H and O–H groups in total. The summed E-state index contributed by atoms with van der Waals surface area (Å²) in [5.41, 5.74) is 10.0. The summed E-state index contributed by atoms with van der Waals surface area (Å²) in [6.07, 6.45) is 0. The van der Waals surface area contributed by atoms with Gasteiger partial charge in [0.05, 0.1) is 5.69 Å². The maximum absolute atomic E-state index is 11.3. The van der Waals surface area contributed by atoms with E-state index in [4.69, 9.17) is 21.0 Å². The minimum absolute atomic E-state index is 0.112. The first-order valence-corrected chi connectivity index (χ1v) is 4.36. The average molecular weight is 220 g/mol. The van der Waals surface area contributed by atoms with Crippen LogP contribution in [0, 0.1) is 0 Å². The van der Waals surface area contributed by atoms with E-state index in [-0.39, 0.29) is 11.3 Å². The van der Waals surface area contributed by atoms with Crippen LogP contribution in [-0.4, -0.2) is 11.1 Å². The van der Waals surface area contributed by atoms with E-state index < -0.39 is 17.2 Å². The molecule has 0 radical (unpaired) electrons. The summed E-state index contributed by atoms with van der Waals surface area (Å²) < 4.78 is 4.82. The van der Waals surface area contributed by atoms with Crippen molar-refractivity contribution >= 4 is 28.3 Å². The van der Waals surface area contributed by atoms with Gasteiger partial charge in [0.1, 0.15) is 5.58 Å². The number of rotatable bonds is 1. The Kier molecular flexibility index (Phi) is 2.05. The van der Waals surface area contributed by atoms with Crippen molar-refractivity contribution in [1.29, 1.82) is 0 Å². The summed E-state index contributed by atoms with van der Waals surface area (Å²) in [6, 6.07) is 4.47. The van der Waals surface area contributed by atoms with Gasteiger partial charge in [-0.1, -0.05) is 0 Å². The first-order valence-electron chi connectivity index (χ1n) is 4.36. The van der Waals surface area contributed by atoms with Crippen molar-refractivity contribution in [2.45, 2.75) is 0 Å². The zero-order valence-corrected chi connectivity index (χ0v) is 8.06. The van der Waals surface area contributed by atoms with Crippen molar-refractivity contribution in [2.75, 3.05) is 11.5 Å². The second-order valence-corrected chi connectivity index (χ2v) is 3.24. The molecule has 16 heavy (non-hydrogen) atoms. The van der Waals surface area contributed by atoms with Gasteiger partial charge in [-0.3, -0.25) is 0 Å². The predicted molar refractivity (Wildman–Crippen MR) is 58.3 cm³/mol. The quantitative estimate of drug-likeness (QED) is 0.479. The number of carboxylic acid groups (broad SMARTS) is 1. The summed E-state index contributed by atoms with van der Waals surface area (Å²) in [4.78, 5) is 22.1. The molecule has 2 rings (SSSR count). The predicted octanol–water partition coefficient (Wildman–Crippen LogP) is 0.656. The Labute approximate surface area is 89.1 Å². The number of hydrogen-bond acceptors (Lipinski definition) is 5. The number of nitrogens with two attached hydrogens (primary N) is 2. The van der Waals surface area contributed by atoms with Gasteiger partial charge >= 0.3 is 11.6 Å². The first-order chi connectivity index (χ1) is 7.50. The van der Waals surface area contributed by atoms with Gasteiger partial charge in [0.2, 0.25) is 0 Å². The van der Waals surface area contributed by atoms with E-state index in [0.29, 0.717) is 11.1 Å². The Morgan fingerprint density at radius 2 is 2.00 bits per heavy atom. The van der Waals surface area contributed by atoms with E-state index in [1.54, 1.807) is 6.07 Å². The van der Waals surface area contributed by atoms with Crippen LogP contribution in [0.5, 0.6) is 0 Å². The van der Waals surface area contributed by atoms with Gasteiger partial charge in [0.15, 0.2) is 5.56 Å². The highest BCUT2D eigenvalue weighted by Gasteiger charge is 2.18. The molecule has 0 spiro atoms. The molecule has 0 bridgehead atoms. The minimum Gasteiger partial charge on any atom is -0.477 e. The van der Waals surface area contributed by atoms with E-state index in [9.17, 15) is 9.59 Å². The molecular formula is C10H8N2O4. The molecule has 0 aliphatic rings. The molecule has 0 amide bonds. The number of anilines is 2. The lowest BCUT2D eigenvalue weighted by atomic mass is 10.1. The fourth-order valence-electron chi connectivity index (χ4n) is 1.44. The number of aromatic carboxylic acids is 1. The van der Waals surface area contributed by atoms with Crippen LogP contribution in [0.2, 0.25) is 0 Å². The van der Waals surface area contributed by atoms with Gasteiger partial charge in [0, 0.05) is 17.1 Å². The molecule has 1 heterocycles. The minimum atomic E-state index is -1.41. The molecule has 0 aliphatic carbocycles. The maximum Gasteiger partial charge on any atom is 0.353 e. The molecule has 0 aliphatic heterocycles. The summed E-state index contributed by atoms with van der Waals surface area (Å²) >= 11 is 0. The summed E-state index contributed by atoms with van der Waals surface area (Å²) in [5, 5.41) is 9.15. The molecule has 6 heteroatoms. The lowest BCUT2D eigenvalue weighted by Crippen LogP contribution is -2.16. The highest BCUT2D eigenvalue weighted by atomic mass is 16.4. The number of carbonyl (C=O) groups is 1. The molecule has 0 unspecified atom stereocenters. The highest BCUT2D eigenvalue weighted by molar-refractivity contribution is 6.02. The number of carboxylic acids is 1. The van der Waals surface area contributed by atoms with Crippen LogP contribution in [0.1, 0.15) is 10.4 Å². The number of benzene rings is 1. The van der Waals surface area contributed by atoms with Crippen LogP contribution < -0.4 is 17.1 Å². The van der Waals surface area contributed by atoms with Crippen LogP contribution >= 0.6 is 0 Å². The standard InChI is InChI=1S/C10H8N2O4/c11-4-1-2-5-6(3-4)16-10(15)7(8(5)12)9(13)14/h1-3H,11-12H2,(H,13,14). The van der Waals surface area contributed by atoms with Crippen molar-refractivity contribution in [1.82, 2.24) is 0 Å². The fourth-order valence-corrected chi connectivity index (χ4v) is 1.44. The molecule has 2 aromatic rings. The molecular weight excluding hydrogens is 212 g/mol. The molecule has 0 saturated heterocycles. The van der Waals surface area contributed by atoms with Crippen molar-refractivity contribution in [3.05, 3.63) is 34.2 Å². The van der Waals surface area contributed by atoms with Crippen molar-refractivity contribution in [2.24, 2.45) is 0 Å². The van der Waals surface area contributed by atoms with Crippen LogP contribution in [0.3, 0.4) is 0 Å². The topological polar surface area (TPSA) is 120 Å². The normalized spacial score (nSPS) is 10.5. The zero-order chi connectivity index (χ0) is 11.9. The highest BCUT2D eigenvalue weighted by Crippen LogP contribution is 2.23. The Hall–Kier alpha value is -2.50. The second-order valence-electron chi connectivity index (χ2n) is 3.24. The van der Waals surface area contributed by atoms with Gasteiger partial charge in [0.25, 0.3) is 0 Å². The smallest absolute Gasteiger partial charge is 0.353 e. The van der Waals surface area contributed by atoms with E-state index in [1.165, 1.54) is 12.1 Å². The van der Waals surface area contributed by atoms with E-state index in [0.717, 1.165) is 0 Å². The average Bonchev–Trinajstić information content (AvgIpc) is 2.15. The van der Waals surface area contributed by atoms with Gasteiger partial charge in [-0.05, 0) is 12.1 Å². The Morgan fingerprint density at radius 3 is 2.62 bits per heavy atom. The third-order valence-electron chi connectivity index (χ3n) is 2.19. The SMILES string of the molecule is Nc1ccc2c(N)c(C(=O)O)c(=O)oc2c1. The lowest BCUT2D eigenvalue weighted by Gasteiger charge is -2.04. The van der Waals surface area contributed by atoms with Crippen molar-refractivity contribution in [3.8, 4) is 0 Å². The van der Waals surface area contributed by atoms with Gasteiger partial charge in [-0.15, -0.1) is 0 Å². The van der Waals surface area contributed by atoms with E-state index >= 15 is 0 Å². The van der Waals surface area contributed by atoms with Gasteiger partial charge < -0.3 is 21.0 Å².